The first-order valence-corrected chi connectivity index (χ1v) is 6.70. The molecule has 0 N–H and O–H groups in total. The van der Waals surface area contributed by atoms with Gasteiger partial charge in [-0.1, -0.05) is 17.7 Å². The highest BCUT2D eigenvalue weighted by Gasteiger charge is 2.29. The van der Waals surface area contributed by atoms with Gasteiger partial charge in [-0.2, -0.15) is 4.39 Å². The van der Waals surface area contributed by atoms with E-state index < -0.39 is 51.4 Å². The first kappa shape index (κ1) is 17.0. The van der Waals surface area contributed by atoms with Crippen molar-refractivity contribution in [3.63, 3.8) is 0 Å². The number of nitrogens with zero attached hydrogens (tertiary/aromatic N) is 1. The lowest BCUT2D eigenvalue weighted by Crippen LogP contribution is -2.11. The quantitative estimate of drug-likeness (QED) is 0.469. The molecular formula is C15H9ClF3NO3. The number of nitro benzene ring substituents is 1. The molecule has 4 nitrogen and oxygen atoms in total. The van der Waals surface area contributed by atoms with E-state index in [1.165, 1.54) is 12.1 Å². The minimum Gasteiger partial charge on any atom is -0.294 e. The largest absolute Gasteiger partial charge is 0.316 e. The maximum Gasteiger partial charge on any atom is 0.316 e. The number of hydrogen-bond acceptors (Lipinski definition) is 3. The molecule has 0 spiro atoms. The predicted molar refractivity (Wildman–Crippen MR) is 77.2 cm³/mol. The lowest BCUT2D eigenvalue weighted by molar-refractivity contribution is -0.387. The van der Waals surface area contributed by atoms with Gasteiger partial charge in [0, 0.05) is 12.0 Å². The molecule has 0 aliphatic heterocycles. The number of nitro groups is 1. The SMILES string of the molecule is Cc1c(F)cc(C(=O)Cc2ccc(F)c(Cl)c2)c([N+](=O)[O-])c1F. The van der Waals surface area contributed by atoms with Crippen molar-refractivity contribution in [2.45, 2.75) is 13.3 Å². The zero-order valence-electron chi connectivity index (χ0n) is 11.7. The van der Waals surface area contributed by atoms with Crippen molar-refractivity contribution in [2.75, 3.05) is 0 Å². The Morgan fingerprint density at radius 3 is 2.43 bits per heavy atom. The molecule has 0 fully saturated rings. The topological polar surface area (TPSA) is 60.2 Å². The summed E-state index contributed by atoms with van der Waals surface area (Å²) in [7, 11) is 0. The van der Waals surface area contributed by atoms with Gasteiger partial charge in [0.1, 0.15) is 17.2 Å². The van der Waals surface area contributed by atoms with Crippen molar-refractivity contribution < 1.29 is 22.9 Å². The minimum atomic E-state index is -1.39. The van der Waals surface area contributed by atoms with Gasteiger partial charge in [0.25, 0.3) is 0 Å². The molecule has 0 radical (unpaired) electrons. The molecular weight excluding hydrogens is 335 g/mol. The first-order chi connectivity index (χ1) is 10.7. The van der Waals surface area contributed by atoms with Crippen LogP contribution in [-0.2, 0) is 6.42 Å². The van der Waals surface area contributed by atoms with Gasteiger partial charge in [-0.05, 0) is 30.7 Å². The van der Waals surface area contributed by atoms with E-state index >= 15 is 0 Å². The second kappa shape index (κ2) is 6.37. The number of hydrogen-bond donors (Lipinski definition) is 0. The molecule has 0 aliphatic carbocycles. The Hall–Kier alpha value is -2.41. The fraction of sp³-hybridized carbons (Fsp3) is 0.133. The molecule has 120 valence electrons. The van der Waals surface area contributed by atoms with E-state index in [1.54, 1.807) is 0 Å². The molecule has 2 aromatic carbocycles. The number of Topliss-reactive ketones (excluding diaryl/α,β-unsaturated/α-hetero) is 1. The molecule has 0 aliphatic rings. The van der Waals surface area contributed by atoms with Gasteiger partial charge in [-0.25, -0.2) is 8.78 Å². The van der Waals surface area contributed by atoms with Crippen LogP contribution in [0.4, 0.5) is 18.9 Å². The molecule has 0 atom stereocenters. The summed E-state index contributed by atoms with van der Waals surface area (Å²) in [6, 6.07) is 4.08. The van der Waals surface area contributed by atoms with E-state index in [0.29, 0.717) is 6.07 Å². The zero-order valence-corrected chi connectivity index (χ0v) is 12.5. The van der Waals surface area contributed by atoms with Gasteiger partial charge in [-0.3, -0.25) is 14.9 Å². The Bertz CT molecular complexity index is 824. The number of ketones is 1. The first-order valence-electron chi connectivity index (χ1n) is 6.32. The Kier molecular flexibility index (Phi) is 4.70. The van der Waals surface area contributed by atoms with Crippen LogP contribution in [0.3, 0.4) is 0 Å². The van der Waals surface area contributed by atoms with Crippen molar-refractivity contribution in [3.8, 4) is 0 Å². The monoisotopic (exact) mass is 343 g/mol. The normalized spacial score (nSPS) is 10.7. The number of carbonyl (C=O) groups excluding carboxylic acids is 1. The molecule has 0 aromatic heterocycles. The van der Waals surface area contributed by atoms with Crippen molar-refractivity contribution in [1.82, 2.24) is 0 Å². The summed E-state index contributed by atoms with van der Waals surface area (Å²) in [4.78, 5) is 22.1. The lowest BCUT2D eigenvalue weighted by atomic mass is 9.99. The molecule has 0 saturated carbocycles. The minimum absolute atomic E-state index is 0.230. The Balaban J connectivity index is 2.46. The van der Waals surface area contributed by atoms with Crippen molar-refractivity contribution in [2.24, 2.45) is 0 Å². The molecule has 8 heteroatoms. The summed E-state index contributed by atoms with van der Waals surface area (Å²) in [5.74, 6) is -4.03. The van der Waals surface area contributed by atoms with E-state index in [1.807, 2.05) is 0 Å². The zero-order chi connectivity index (χ0) is 17.3. The second-order valence-electron chi connectivity index (χ2n) is 4.80. The Labute approximate surface area is 133 Å². The maximum atomic E-state index is 13.9. The highest BCUT2D eigenvalue weighted by Crippen LogP contribution is 2.29. The molecule has 0 amide bonds. The van der Waals surface area contributed by atoms with Gasteiger partial charge >= 0.3 is 5.69 Å². The van der Waals surface area contributed by atoms with Crippen LogP contribution in [0.15, 0.2) is 24.3 Å². The number of rotatable bonds is 4. The fourth-order valence-electron chi connectivity index (χ4n) is 2.03. The standard InChI is InChI=1S/C15H9ClF3NO3/c1-7-12(18)6-9(15(14(7)19)20(22)23)13(21)5-8-2-3-11(17)10(16)4-8/h2-4,6H,5H2,1H3. The number of carbonyl (C=O) groups is 1. The molecule has 2 rings (SSSR count). The van der Waals surface area contributed by atoms with Crippen LogP contribution in [0.5, 0.6) is 0 Å². The summed E-state index contributed by atoms with van der Waals surface area (Å²) in [6.45, 7) is 1.03. The summed E-state index contributed by atoms with van der Waals surface area (Å²) >= 11 is 5.58. The number of halogens is 4. The lowest BCUT2D eigenvalue weighted by Gasteiger charge is -2.07. The Morgan fingerprint density at radius 1 is 1.22 bits per heavy atom. The smallest absolute Gasteiger partial charge is 0.294 e. The maximum absolute atomic E-state index is 13.9. The van der Waals surface area contributed by atoms with E-state index in [0.717, 1.165) is 13.0 Å². The molecule has 2 aromatic rings. The van der Waals surface area contributed by atoms with Gasteiger partial charge < -0.3 is 0 Å². The van der Waals surface area contributed by atoms with Crippen molar-refractivity contribution >= 4 is 23.1 Å². The highest BCUT2D eigenvalue weighted by molar-refractivity contribution is 6.30. The molecule has 0 heterocycles. The van der Waals surface area contributed by atoms with Crippen LogP contribution < -0.4 is 0 Å². The second-order valence-corrected chi connectivity index (χ2v) is 5.21. The third-order valence-corrected chi connectivity index (χ3v) is 3.54. The van der Waals surface area contributed by atoms with Crippen LogP contribution in [0.2, 0.25) is 5.02 Å². The van der Waals surface area contributed by atoms with E-state index in [9.17, 15) is 28.1 Å². The summed E-state index contributed by atoms with van der Waals surface area (Å²) < 4.78 is 40.6. The van der Waals surface area contributed by atoms with Crippen molar-refractivity contribution in [3.05, 3.63) is 73.5 Å². The molecule has 23 heavy (non-hydrogen) atoms. The summed E-state index contributed by atoms with van der Waals surface area (Å²) in [5.41, 5.74) is -2.05. The van der Waals surface area contributed by atoms with Crippen LogP contribution in [-0.4, -0.2) is 10.7 Å². The van der Waals surface area contributed by atoms with Crippen molar-refractivity contribution in [1.29, 1.82) is 0 Å². The fourth-order valence-corrected chi connectivity index (χ4v) is 2.23. The Morgan fingerprint density at radius 2 is 1.87 bits per heavy atom. The number of benzene rings is 2. The molecule has 0 unspecified atom stereocenters. The predicted octanol–water partition coefficient (Wildman–Crippen LogP) is 4.40. The van der Waals surface area contributed by atoms with E-state index in [-0.39, 0.29) is 10.6 Å². The highest BCUT2D eigenvalue weighted by atomic mass is 35.5. The van der Waals surface area contributed by atoms with Gasteiger partial charge in [0.2, 0.25) is 5.82 Å². The van der Waals surface area contributed by atoms with Crippen LogP contribution in [0, 0.1) is 34.5 Å². The molecule has 0 saturated heterocycles. The molecule has 0 bridgehead atoms. The van der Waals surface area contributed by atoms with Crippen LogP contribution >= 0.6 is 11.6 Å². The summed E-state index contributed by atoms with van der Waals surface area (Å²) in [5, 5.41) is 10.8. The van der Waals surface area contributed by atoms with Crippen LogP contribution in [0.25, 0.3) is 0 Å². The van der Waals surface area contributed by atoms with Gasteiger partial charge in [-0.15, -0.1) is 0 Å². The van der Waals surface area contributed by atoms with Crippen LogP contribution in [0.1, 0.15) is 21.5 Å². The van der Waals surface area contributed by atoms with E-state index in [4.69, 9.17) is 11.6 Å². The van der Waals surface area contributed by atoms with Gasteiger partial charge in [0.15, 0.2) is 5.78 Å². The van der Waals surface area contributed by atoms with E-state index in [2.05, 4.69) is 0 Å². The average Bonchev–Trinajstić information content (AvgIpc) is 2.47. The average molecular weight is 344 g/mol. The third kappa shape index (κ3) is 3.34. The summed E-state index contributed by atoms with van der Waals surface area (Å²) in [6.07, 6.45) is -0.414. The van der Waals surface area contributed by atoms with Gasteiger partial charge in [0.05, 0.1) is 9.95 Å². The third-order valence-electron chi connectivity index (χ3n) is 3.25.